The van der Waals surface area contributed by atoms with E-state index in [-0.39, 0.29) is 17.2 Å². The Morgan fingerprint density at radius 2 is 1.67 bits per heavy atom. The van der Waals surface area contributed by atoms with E-state index in [1.807, 2.05) is 12.1 Å². The second-order valence-corrected chi connectivity index (χ2v) is 10.9. The largest absolute Gasteiger partial charge is 0.508 e. The van der Waals surface area contributed by atoms with Crippen LogP contribution in [0.3, 0.4) is 0 Å². The summed E-state index contributed by atoms with van der Waals surface area (Å²) in [5.41, 5.74) is 1.52. The maximum atomic E-state index is 13.3. The van der Waals surface area contributed by atoms with Crippen molar-refractivity contribution in [3.8, 4) is 5.75 Å². The van der Waals surface area contributed by atoms with Gasteiger partial charge >= 0.3 is 0 Å². The molecule has 3 aliphatic rings. The van der Waals surface area contributed by atoms with Crippen molar-refractivity contribution in [1.82, 2.24) is 9.21 Å². The number of aromatic hydroxyl groups is 1. The zero-order chi connectivity index (χ0) is 23.1. The van der Waals surface area contributed by atoms with Gasteiger partial charge in [0.2, 0.25) is 15.8 Å². The number of fused-ring (bicyclic) bond motifs is 2. The average Bonchev–Trinajstić information content (AvgIpc) is 3.27. The maximum Gasteiger partial charge on any atom is 0.243 e. The summed E-state index contributed by atoms with van der Waals surface area (Å²) in [6.45, 7) is 5.72. The topological polar surface area (TPSA) is 82.6 Å². The monoisotopic (exact) mass is 493 g/mol. The second kappa shape index (κ2) is 9.05. The van der Waals surface area contributed by atoms with Crippen LogP contribution in [0.1, 0.15) is 12.0 Å². The lowest BCUT2D eigenvalue weighted by atomic mass is 10.0. The highest BCUT2D eigenvalue weighted by molar-refractivity contribution is 7.89. The molecule has 2 fully saturated rings. The first-order valence-corrected chi connectivity index (χ1v) is 13.0. The number of phenols is 1. The molecule has 0 saturated carbocycles. The molecule has 2 aromatic rings. The molecule has 3 heterocycles. The normalized spacial score (nSPS) is 22.5. The Morgan fingerprint density at radius 1 is 0.970 bits per heavy atom. The molecule has 2 saturated heterocycles. The molecule has 1 N–H and O–H groups in total. The highest BCUT2D eigenvalue weighted by atomic mass is 35.5. The second-order valence-electron chi connectivity index (χ2n) is 8.60. The highest BCUT2D eigenvalue weighted by Gasteiger charge is 2.51. The molecule has 178 valence electrons. The lowest BCUT2D eigenvalue weighted by Gasteiger charge is -2.40. The van der Waals surface area contributed by atoms with Gasteiger partial charge in [-0.3, -0.25) is 4.90 Å². The average molecular weight is 494 g/mol. The molecular weight excluding hydrogens is 466 g/mol. The molecule has 10 heteroatoms. The van der Waals surface area contributed by atoms with Crippen LogP contribution in [0.5, 0.6) is 5.75 Å². The third kappa shape index (κ3) is 4.34. The number of rotatable bonds is 5. The van der Waals surface area contributed by atoms with E-state index in [9.17, 15) is 13.5 Å². The van der Waals surface area contributed by atoms with E-state index in [1.54, 1.807) is 30.3 Å². The van der Waals surface area contributed by atoms with Gasteiger partial charge in [-0.1, -0.05) is 17.7 Å². The van der Waals surface area contributed by atoms with Crippen molar-refractivity contribution < 1.29 is 23.0 Å². The number of benzene rings is 2. The number of sulfonamides is 1. The van der Waals surface area contributed by atoms with Gasteiger partial charge in [0, 0.05) is 38.4 Å². The number of phenolic OH excluding ortho intramolecular Hbond substituents is 1. The molecule has 2 aromatic carbocycles. The fraction of sp³-hybridized carbons (Fsp3) is 0.478. The van der Waals surface area contributed by atoms with Gasteiger partial charge in [0.05, 0.1) is 35.2 Å². The fourth-order valence-corrected chi connectivity index (χ4v) is 7.01. The van der Waals surface area contributed by atoms with E-state index in [1.165, 1.54) is 4.31 Å². The van der Waals surface area contributed by atoms with Crippen LogP contribution in [0.2, 0.25) is 5.02 Å². The molecule has 33 heavy (non-hydrogen) atoms. The summed E-state index contributed by atoms with van der Waals surface area (Å²) in [7, 11) is -3.68. The van der Waals surface area contributed by atoms with Gasteiger partial charge in [0.25, 0.3) is 0 Å². The van der Waals surface area contributed by atoms with Crippen molar-refractivity contribution in [2.24, 2.45) is 0 Å². The van der Waals surface area contributed by atoms with Crippen molar-refractivity contribution in [2.45, 2.75) is 17.1 Å². The van der Waals surface area contributed by atoms with E-state index in [2.05, 4.69) is 9.80 Å². The minimum Gasteiger partial charge on any atom is -0.508 e. The molecule has 0 atom stereocenters. The molecule has 3 aliphatic heterocycles. The minimum atomic E-state index is -3.68. The van der Waals surface area contributed by atoms with Gasteiger partial charge in [-0.2, -0.15) is 4.31 Å². The van der Waals surface area contributed by atoms with Gasteiger partial charge in [-0.25, -0.2) is 8.42 Å². The van der Waals surface area contributed by atoms with Gasteiger partial charge < -0.3 is 19.5 Å². The zero-order valence-corrected chi connectivity index (χ0v) is 19.9. The summed E-state index contributed by atoms with van der Waals surface area (Å²) in [5, 5.41) is 9.83. The van der Waals surface area contributed by atoms with E-state index >= 15 is 0 Å². The summed E-state index contributed by atoms with van der Waals surface area (Å²) in [4.78, 5) is 4.83. The third-order valence-electron chi connectivity index (χ3n) is 6.58. The predicted octanol–water partition coefficient (Wildman–Crippen LogP) is 2.46. The molecule has 0 bridgehead atoms. The fourth-order valence-electron chi connectivity index (χ4n) is 4.88. The Hall–Kier alpha value is -1.88. The van der Waals surface area contributed by atoms with Crippen LogP contribution in [-0.4, -0.2) is 81.8 Å². The van der Waals surface area contributed by atoms with Crippen LogP contribution in [0.25, 0.3) is 0 Å². The maximum absolute atomic E-state index is 13.3. The highest BCUT2D eigenvalue weighted by Crippen LogP contribution is 2.45. The number of nitrogens with zero attached hydrogens (tertiary/aromatic N) is 3. The Bertz CT molecular complexity index is 1100. The molecule has 0 aromatic heterocycles. The van der Waals surface area contributed by atoms with Crippen molar-refractivity contribution in [3.05, 3.63) is 53.1 Å². The summed E-state index contributed by atoms with van der Waals surface area (Å²) in [5.74, 6) is -0.862. The molecule has 0 unspecified atom stereocenters. The number of piperazine rings is 1. The van der Waals surface area contributed by atoms with Crippen LogP contribution >= 0.6 is 11.6 Å². The van der Waals surface area contributed by atoms with Crippen LogP contribution in [0, 0.1) is 0 Å². The van der Waals surface area contributed by atoms with Crippen LogP contribution < -0.4 is 4.90 Å². The van der Waals surface area contributed by atoms with Gasteiger partial charge in [-0.15, -0.1) is 0 Å². The number of ether oxygens (including phenoxy) is 2. The van der Waals surface area contributed by atoms with Crippen molar-refractivity contribution >= 4 is 27.3 Å². The quantitative estimate of drug-likeness (QED) is 0.685. The number of halogens is 1. The standard InChI is InChI=1S/C23H28ClN3O5S/c24-20-3-1-4-21-22(20)23(31-15-16-32-23)17-27(33(21,29)30)10-2-9-25-11-13-26(14-12-25)18-5-7-19(28)8-6-18/h1,3-8,28H,2,9-17H2. The van der Waals surface area contributed by atoms with E-state index in [0.717, 1.165) is 38.4 Å². The molecule has 0 aliphatic carbocycles. The first kappa shape index (κ1) is 22.9. The van der Waals surface area contributed by atoms with Crippen LogP contribution in [0.15, 0.2) is 47.4 Å². The Morgan fingerprint density at radius 3 is 2.36 bits per heavy atom. The van der Waals surface area contributed by atoms with Crippen LogP contribution in [-0.2, 0) is 25.3 Å². The summed E-state index contributed by atoms with van der Waals surface area (Å²) in [6.07, 6.45) is 0.713. The van der Waals surface area contributed by atoms with E-state index in [4.69, 9.17) is 21.1 Å². The third-order valence-corrected chi connectivity index (χ3v) is 8.78. The zero-order valence-electron chi connectivity index (χ0n) is 18.3. The summed E-state index contributed by atoms with van der Waals surface area (Å²) < 4.78 is 40.0. The number of anilines is 1. The molecule has 5 rings (SSSR count). The number of hydrogen-bond acceptors (Lipinski definition) is 7. The first-order chi connectivity index (χ1) is 15.9. The Kier molecular flexibility index (Phi) is 6.28. The smallest absolute Gasteiger partial charge is 0.243 e. The van der Waals surface area contributed by atoms with Crippen molar-refractivity contribution in [1.29, 1.82) is 0 Å². The van der Waals surface area contributed by atoms with Crippen molar-refractivity contribution in [3.63, 3.8) is 0 Å². The lowest BCUT2D eigenvalue weighted by molar-refractivity contribution is -0.176. The number of hydrogen-bond donors (Lipinski definition) is 1. The van der Waals surface area contributed by atoms with Gasteiger partial charge in [0.1, 0.15) is 5.75 Å². The predicted molar refractivity (Wildman–Crippen MR) is 125 cm³/mol. The van der Waals surface area contributed by atoms with E-state index < -0.39 is 15.8 Å². The summed E-state index contributed by atoms with van der Waals surface area (Å²) in [6, 6.07) is 12.2. The Balaban J connectivity index is 1.21. The lowest BCUT2D eigenvalue weighted by Crippen LogP contribution is -2.51. The SMILES string of the molecule is O=S1(=O)c2cccc(Cl)c2C2(CN1CCCN1CCN(c3ccc(O)cc3)CC1)OCCO2. The molecular formula is C23H28ClN3O5S. The first-order valence-electron chi connectivity index (χ1n) is 11.2. The Labute approximate surface area is 199 Å². The van der Waals surface area contributed by atoms with E-state index in [0.29, 0.717) is 36.8 Å². The summed E-state index contributed by atoms with van der Waals surface area (Å²) >= 11 is 6.39. The van der Waals surface area contributed by atoms with Crippen LogP contribution in [0.4, 0.5) is 5.69 Å². The molecule has 0 radical (unpaired) electrons. The van der Waals surface area contributed by atoms with Gasteiger partial charge in [-0.05, 0) is 49.4 Å². The molecule has 8 nitrogen and oxygen atoms in total. The van der Waals surface area contributed by atoms with Gasteiger partial charge in [0.15, 0.2) is 0 Å². The minimum absolute atomic E-state index is 0.112. The molecule has 0 amide bonds. The van der Waals surface area contributed by atoms with Crippen molar-refractivity contribution in [2.75, 3.05) is 63.9 Å². The molecule has 1 spiro atoms.